The van der Waals surface area contributed by atoms with Crippen molar-refractivity contribution in [2.45, 2.75) is 26.7 Å². The van der Waals surface area contributed by atoms with Gasteiger partial charge >= 0.3 is 0 Å². The average molecular weight is 227 g/mol. The van der Waals surface area contributed by atoms with Crippen molar-refractivity contribution >= 4 is 11.6 Å². The van der Waals surface area contributed by atoms with Gasteiger partial charge in [-0.1, -0.05) is 26.0 Å². The van der Waals surface area contributed by atoms with Crippen molar-refractivity contribution in [2.24, 2.45) is 5.92 Å². The molecular formula is C13H19ClO. The van der Waals surface area contributed by atoms with Crippen molar-refractivity contribution in [3.8, 4) is 5.75 Å². The van der Waals surface area contributed by atoms with Gasteiger partial charge < -0.3 is 4.74 Å². The van der Waals surface area contributed by atoms with E-state index in [1.54, 1.807) is 0 Å². The second-order valence-electron chi connectivity index (χ2n) is 3.96. The summed E-state index contributed by atoms with van der Waals surface area (Å²) in [4.78, 5) is 0. The van der Waals surface area contributed by atoms with Gasteiger partial charge in [-0.05, 0) is 36.5 Å². The summed E-state index contributed by atoms with van der Waals surface area (Å²) in [6.45, 7) is 5.06. The first kappa shape index (κ1) is 12.4. The summed E-state index contributed by atoms with van der Waals surface area (Å²) < 4.78 is 5.52. The van der Waals surface area contributed by atoms with Gasteiger partial charge in [0.15, 0.2) is 0 Å². The Morgan fingerprint density at radius 3 is 2.47 bits per heavy atom. The van der Waals surface area contributed by atoms with Crippen molar-refractivity contribution in [2.75, 3.05) is 12.5 Å². The SMILES string of the molecule is CCCOc1ccc(CC(C)CCl)cc1. The maximum atomic E-state index is 5.78. The largest absolute Gasteiger partial charge is 0.494 e. The van der Waals surface area contributed by atoms with Gasteiger partial charge in [0.2, 0.25) is 0 Å². The molecule has 0 radical (unpaired) electrons. The number of alkyl halides is 1. The molecule has 0 aliphatic carbocycles. The molecule has 1 nitrogen and oxygen atoms in total. The summed E-state index contributed by atoms with van der Waals surface area (Å²) in [6, 6.07) is 8.31. The van der Waals surface area contributed by atoms with E-state index in [-0.39, 0.29) is 0 Å². The van der Waals surface area contributed by atoms with Crippen molar-refractivity contribution in [3.63, 3.8) is 0 Å². The minimum atomic E-state index is 0.536. The normalized spacial score (nSPS) is 12.5. The minimum absolute atomic E-state index is 0.536. The van der Waals surface area contributed by atoms with Crippen LogP contribution in [0, 0.1) is 5.92 Å². The van der Waals surface area contributed by atoms with Crippen LogP contribution in [-0.2, 0) is 6.42 Å². The highest BCUT2D eigenvalue weighted by Gasteiger charge is 2.02. The second kappa shape index (κ2) is 6.73. The second-order valence-corrected chi connectivity index (χ2v) is 4.26. The van der Waals surface area contributed by atoms with Crippen LogP contribution in [-0.4, -0.2) is 12.5 Å². The molecule has 0 saturated heterocycles. The molecule has 0 bridgehead atoms. The average Bonchev–Trinajstić information content (AvgIpc) is 2.28. The number of hydrogen-bond donors (Lipinski definition) is 0. The van der Waals surface area contributed by atoms with E-state index >= 15 is 0 Å². The van der Waals surface area contributed by atoms with E-state index in [2.05, 4.69) is 26.0 Å². The van der Waals surface area contributed by atoms with Crippen LogP contribution in [0.1, 0.15) is 25.8 Å². The van der Waals surface area contributed by atoms with Gasteiger partial charge in [-0.2, -0.15) is 0 Å². The van der Waals surface area contributed by atoms with Crippen molar-refractivity contribution in [3.05, 3.63) is 29.8 Å². The van der Waals surface area contributed by atoms with Crippen LogP contribution in [0.3, 0.4) is 0 Å². The van der Waals surface area contributed by atoms with E-state index in [9.17, 15) is 0 Å². The van der Waals surface area contributed by atoms with Gasteiger partial charge in [-0.15, -0.1) is 11.6 Å². The molecule has 1 aromatic rings. The molecular weight excluding hydrogens is 208 g/mol. The molecule has 1 aromatic carbocycles. The van der Waals surface area contributed by atoms with E-state index in [1.807, 2.05) is 12.1 Å². The van der Waals surface area contributed by atoms with Crippen LogP contribution in [0.4, 0.5) is 0 Å². The van der Waals surface area contributed by atoms with Gasteiger partial charge in [-0.3, -0.25) is 0 Å². The summed E-state index contributed by atoms with van der Waals surface area (Å²) in [5, 5.41) is 0. The number of benzene rings is 1. The highest BCUT2D eigenvalue weighted by Crippen LogP contribution is 2.15. The van der Waals surface area contributed by atoms with Gasteiger partial charge in [0.05, 0.1) is 6.61 Å². The molecule has 15 heavy (non-hydrogen) atoms. The fourth-order valence-corrected chi connectivity index (χ4v) is 1.51. The third kappa shape index (κ3) is 4.57. The molecule has 2 heteroatoms. The van der Waals surface area contributed by atoms with Crippen LogP contribution in [0.2, 0.25) is 0 Å². The zero-order chi connectivity index (χ0) is 11.1. The number of rotatable bonds is 6. The smallest absolute Gasteiger partial charge is 0.119 e. The summed E-state index contributed by atoms with van der Waals surface area (Å²) in [7, 11) is 0. The topological polar surface area (TPSA) is 9.23 Å². The highest BCUT2D eigenvalue weighted by molar-refractivity contribution is 6.18. The molecule has 0 fully saturated rings. The minimum Gasteiger partial charge on any atom is -0.494 e. The molecule has 0 heterocycles. The number of ether oxygens (including phenoxy) is 1. The van der Waals surface area contributed by atoms with Crippen LogP contribution >= 0.6 is 11.6 Å². The van der Waals surface area contributed by atoms with Gasteiger partial charge in [-0.25, -0.2) is 0 Å². The van der Waals surface area contributed by atoms with Gasteiger partial charge in [0, 0.05) is 5.88 Å². The van der Waals surface area contributed by atoms with E-state index in [4.69, 9.17) is 16.3 Å². The Hall–Kier alpha value is -0.690. The lowest BCUT2D eigenvalue weighted by molar-refractivity contribution is 0.317. The Morgan fingerprint density at radius 1 is 1.27 bits per heavy atom. The van der Waals surface area contributed by atoms with Crippen molar-refractivity contribution < 1.29 is 4.74 Å². The van der Waals surface area contributed by atoms with Crippen LogP contribution in [0.25, 0.3) is 0 Å². The van der Waals surface area contributed by atoms with E-state index in [0.29, 0.717) is 11.8 Å². The third-order valence-electron chi connectivity index (χ3n) is 2.24. The fourth-order valence-electron chi connectivity index (χ4n) is 1.40. The molecule has 0 spiro atoms. The number of halogens is 1. The first-order valence-electron chi connectivity index (χ1n) is 5.54. The van der Waals surface area contributed by atoms with Crippen molar-refractivity contribution in [1.29, 1.82) is 0 Å². The Bertz CT molecular complexity index is 268. The standard InChI is InChI=1S/C13H19ClO/c1-3-8-15-13-6-4-12(5-7-13)9-11(2)10-14/h4-7,11H,3,8-10H2,1-2H3. The fraction of sp³-hybridized carbons (Fsp3) is 0.538. The molecule has 1 rings (SSSR count). The lowest BCUT2D eigenvalue weighted by atomic mass is 10.0. The molecule has 84 valence electrons. The molecule has 0 N–H and O–H groups in total. The summed E-state index contributed by atoms with van der Waals surface area (Å²) in [6.07, 6.45) is 2.09. The molecule has 0 aliphatic rings. The molecule has 0 amide bonds. The third-order valence-corrected chi connectivity index (χ3v) is 2.77. The molecule has 1 atom stereocenters. The Kier molecular flexibility index (Phi) is 5.56. The Morgan fingerprint density at radius 2 is 1.93 bits per heavy atom. The lowest BCUT2D eigenvalue weighted by Gasteiger charge is -2.08. The zero-order valence-electron chi connectivity index (χ0n) is 9.50. The number of hydrogen-bond acceptors (Lipinski definition) is 1. The van der Waals surface area contributed by atoms with E-state index in [0.717, 1.165) is 25.2 Å². The first-order valence-corrected chi connectivity index (χ1v) is 6.07. The van der Waals surface area contributed by atoms with Crippen LogP contribution < -0.4 is 4.74 Å². The van der Waals surface area contributed by atoms with E-state index < -0.39 is 0 Å². The predicted octanol–water partition coefficient (Wildman–Crippen LogP) is 3.89. The Labute approximate surface area is 97.4 Å². The predicted molar refractivity (Wildman–Crippen MR) is 65.8 cm³/mol. The van der Waals surface area contributed by atoms with Crippen molar-refractivity contribution in [1.82, 2.24) is 0 Å². The monoisotopic (exact) mass is 226 g/mol. The summed E-state index contributed by atoms with van der Waals surface area (Å²) in [5.41, 5.74) is 1.33. The molecule has 1 unspecified atom stereocenters. The zero-order valence-corrected chi connectivity index (χ0v) is 10.3. The molecule has 0 aromatic heterocycles. The summed E-state index contributed by atoms with van der Waals surface area (Å²) in [5.74, 6) is 2.21. The van der Waals surface area contributed by atoms with Crippen LogP contribution in [0.5, 0.6) is 5.75 Å². The van der Waals surface area contributed by atoms with Gasteiger partial charge in [0.25, 0.3) is 0 Å². The first-order chi connectivity index (χ1) is 7.26. The molecule has 0 aliphatic heterocycles. The molecule has 0 saturated carbocycles. The summed E-state index contributed by atoms with van der Waals surface area (Å²) >= 11 is 5.78. The maximum absolute atomic E-state index is 5.78. The quantitative estimate of drug-likeness (QED) is 0.669. The van der Waals surface area contributed by atoms with E-state index in [1.165, 1.54) is 5.56 Å². The van der Waals surface area contributed by atoms with Crippen LogP contribution in [0.15, 0.2) is 24.3 Å². The Balaban J connectivity index is 2.48. The highest BCUT2D eigenvalue weighted by atomic mass is 35.5. The lowest BCUT2D eigenvalue weighted by Crippen LogP contribution is -2.01. The van der Waals surface area contributed by atoms with Gasteiger partial charge in [0.1, 0.15) is 5.75 Å². The maximum Gasteiger partial charge on any atom is 0.119 e.